The van der Waals surface area contributed by atoms with Gasteiger partial charge in [0, 0.05) is 36.9 Å². The Balaban J connectivity index is 2.15. The van der Waals surface area contributed by atoms with Crippen LogP contribution in [0.2, 0.25) is 0 Å². The van der Waals surface area contributed by atoms with Crippen molar-refractivity contribution in [3.05, 3.63) is 49.1 Å². The van der Waals surface area contributed by atoms with Crippen molar-refractivity contribution in [2.24, 2.45) is 16.6 Å². The second kappa shape index (κ2) is 8.93. The van der Waals surface area contributed by atoms with Gasteiger partial charge >= 0.3 is 12.3 Å². The zero-order chi connectivity index (χ0) is 20.7. The minimum atomic E-state index is -4.52. The number of hydrogen-bond acceptors (Lipinski definition) is 7. The predicted molar refractivity (Wildman–Crippen MR) is 96.2 cm³/mol. The van der Waals surface area contributed by atoms with Crippen LogP contribution in [0.5, 0.6) is 0 Å². The predicted octanol–water partition coefficient (Wildman–Crippen LogP) is 3.24. The van der Waals surface area contributed by atoms with Gasteiger partial charge in [-0.1, -0.05) is 13.5 Å². The SMILES string of the molecule is C=CN=C(OC(N)=O)C(C)CNc1ccnc(-c2cncc(C(F)(F)F)c2)n1. The van der Waals surface area contributed by atoms with Gasteiger partial charge in [0.05, 0.1) is 11.5 Å². The number of pyridine rings is 1. The Kier molecular flexibility index (Phi) is 6.64. The summed E-state index contributed by atoms with van der Waals surface area (Å²) < 4.78 is 43.3. The third-order valence-corrected chi connectivity index (χ3v) is 3.41. The number of nitrogens with zero attached hydrogens (tertiary/aromatic N) is 4. The lowest BCUT2D eigenvalue weighted by Gasteiger charge is -2.14. The number of amides is 1. The molecule has 11 heteroatoms. The van der Waals surface area contributed by atoms with Gasteiger partial charge in [0.1, 0.15) is 5.82 Å². The van der Waals surface area contributed by atoms with Crippen molar-refractivity contribution in [1.82, 2.24) is 15.0 Å². The molecule has 2 heterocycles. The van der Waals surface area contributed by atoms with Gasteiger partial charge in [0.2, 0.25) is 5.90 Å². The molecule has 2 rings (SSSR count). The summed E-state index contributed by atoms with van der Waals surface area (Å²) in [5.41, 5.74) is 4.22. The van der Waals surface area contributed by atoms with Crippen molar-refractivity contribution < 1.29 is 22.7 Å². The molecule has 0 aromatic carbocycles. The summed E-state index contributed by atoms with van der Waals surface area (Å²) in [7, 11) is 0. The summed E-state index contributed by atoms with van der Waals surface area (Å²) in [5.74, 6) is 0.112. The average Bonchev–Trinajstić information content (AvgIpc) is 2.65. The molecule has 3 N–H and O–H groups in total. The van der Waals surface area contributed by atoms with Gasteiger partial charge in [-0.05, 0) is 12.1 Å². The Hall–Kier alpha value is -3.50. The molecule has 8 nitrogen and oxygen atoms in total. The van der Waals surface area contributed by atoms with Gasteiger partial charge in [-0.2, -0.15) is 13.2 Å². The number of anilines is 1. The van der Waals surface area contributed by atoms with Crippen molar-refractivity contribution in [3.8, 4) is 11.4 Å². The quantitative estimate of drug-likeness (QED) is 0.574. The van der Waals surface area contributed by atoms with E-state index in [9.17, 15) is 18.0 Å². The van der Waals surface area contributed by atoms with E-state index < -0.39 is 17.8 Å². The molecule has 0 bridgehead atoms. The number of rotatable bonds is 6. The van der Waals surface area contributed by atoms with E-state index in [1.807, 2.05) is 0 Å². The molecule has 2 aromatic heterocycles. The fraction of sp³-hybridized carbons (Fsp3) is 0.235. The van der Waals surface area contributed by atoms with E-state index in [2.05, 4.69) is 31.8 Å². The number of aliphatic imine (C=N–C) groups is 1. The number of carbonyl (C=O) groups excluding carboxylic acids is 1. The smallest absolute Gasteiger partial charge is 0.395 e. The van der Waals surface area contributed by atoms with Crippen LogP contribution in [0.4, 0.5) is 23.8 Å². The molecular weight excluding hydrogens is 377 g/mol. The number of nitrogens with one attached hydrogen (secondary N) is 1. The molecule has 0 saturated heterocycles. The number of hydrogen-bond donors (Lipinski definition) is 2. The topological polar surface area (TPSA) is 115 Å². The molecule has 0 aliphatic heterocycles. The average molecular weight is 394 g/mol. The Morgan fingerprint density at radius 1 is 1.46 bits per heavy atom. The first-order valence-electron chi connectivity index (χ1n) is 7.96. The maximum atomic E-state index is 12.8. The second-order valence-electron chi connectivity index (χ2n) is 5.58. The zero-order valence-electron chi connectivity index (χ0n) is 14.8. The minimum absolute atomic E-state index is 0.0614. The highest BCUT2D eigenvalue weighted by Gasteiger charge is 2.31. The molecule has 0 fully saturated rings. The molecular formula is C17H17F3N6O2. The highest BCUT2D eigenvalue weighted by Crippen LogP contribution is 2.30. The summed E-state index contributed by atoms with van der Waals surface area (Å²) in [6.45, 7) is 5.40. The zero-order valence-corrected chi connectivity index (χ0v) is 14.8. The van der Waals surface area contributed by atoms with Crippen LogP contribution >= 0.6 is 0 Å². The van der Waals surface area contributed by atoms with E-state index >= 15 is 0 Å². The highest BCUT2D eigenvalue weighted by atomic mass is 19.4. The summed E-state index contributed by atoms with van der Waals surface area (Å²) in [5, 5.41) is 2.97. The fourth-order valence-corrected chi connectivity index (χ4v) is 2.11. The first kappa shape index (κ1) is 20.8. The largest absolute Gasteiger partial charge is 0.417 e. The fourth-order valence-electron chi connectivity index (χ4n) is 2.11. The molecule has 1 unspecified atom stereocenters. The van der Waals surface area contributed by atoms with Crippen LogP contribution in [-0.4, -0.2) is 33.5 Å². The maximum absolute atomic E-state index is 12.8. The normalized spacial score (nSPS) is 12.9. The number of carbonyl (C=O) groups is 1. The molecule has 2 aromatic rings. The van der Waals surface area contributed by atoms with Gasteiger partial charge < -0.3 is 15.8 Å². The molecule has 0 spiro atoms. The highest BCUT2D eigenvalue weighted by molar-refractivity contribution is 5.89. The molecule has 1 amide bonds. The molecule has 0 radical (unpaired) electrons. The summed E-state index contributed by atoms with van der Waals surface area (Å²) in [6.07, 6.45) is -0.949. The van der Waals surface area contributed by atoms with E-state index in [1.165, 1.54) is 24.7 Å². The molecule has 1 atom stereocenters. The van der Waals surface area contributed by atoms with E-state index in [0.717, 1.165) is 12.3 Å². The Bertz CT molecular complexity index is 885. The van der Waals surface area contributed by atoms with Gasteiger partial charge in [-0.15, -0.1) is 0 Å². The van der Waals surface area contributed by atoms with E-state index in [4.69, 9.17) is 10.5 Å². The minimum Gasteiger partial charge on any atom is -0.395 e. The maximum Gasteiger partial charge on any atom is 0.417 e. The number of nitrogens with two attached hydrogens (primary N) is 1. The van der Waals surface area contributed by atoms with Gasteiger partial charge in [-0.25, -0.2) is 19.8 Å². The van der Waals surface area contributed by atoms with Crippen LogP contribution in [-0.2, 0) is 10.9 Å². The lowest BCUT2D eigenvalue weighted by Crippen LogP contribution is -2.27. The number of ether oxygens (including phenoxy) is 1. The number of halogens is 3. The first-order chi connectivity index (χ1) is 13.2. The van der Waals surface area contributed by atoms with Crippen molar-refractivity contribution in [2.75, 3.05) is 11.9 Å². The number of alkyl halides is 3. The molecule has 0 aliphatic rings. The molecule has 0 aliphatic carbocycles. The van der Waals surface area contributed by atoms with Crippen LogP contribution in [0.3, 0.4) is 0 Å². The first-order valence-corrected chi connectivity index (χ1v) is 7.96. The van der Waals surface area contributed by atoms with E-state index in [0.29, 0.717) is 5.82 Å². The Labute approximate surface area is 158 Å². The number of primary amides is 1. The summed E-state index contributed by atoms with van der Waals surface area (Å²) >= 11 is 0. The van der Waals surface area contributed by atoms with Crippen molar-refractivity contribution >= 4 is 17.8 Å². The monoisotopic (exact) mass is 394 g/mol. The molecule has 28 heavy (non-hydrogen) atoms. The van der Waals surface area contributed by atoms with Crippen LogP contribution in [0, 0.1) is 5.92 Å². The summed E-state index contributed by atoms with van der Waals surface area (Å²) in [6, 6.07) is 2.46. The Morgan fingerprint density at radius 3 is 2.86 bits per heavy atom. The van der Waals surface area contributed by atoms with Crippen molar-refractivity contribution in [3.63, 3.8) is 0 Å². The number of aromatic nitrogens is 3. The van der Waals surface area contributed by atoms with Crippen molar-refractivity contribution in [2.45, 2.75) is 13.1 Å². The molecule has 0 saturated carbocycles. The second-order valence-corrected chi connectivity index (χ2v) is 5.58. The van der Waals surface area contributed by atoms with E-state index in [-0.39, 0.29) is 29.7 Å². The lowest BCUT2D eigenvalue weighted by molar-refractivity contribution is -0.137. The van der Waals surface area contributed by atoms with Gasteiger partial charge in [0.15, 0.2) is 5.82 Å². The van der Waals surface area contributed by atoms with Gasteiger partial charge in [0.25, 0.3) is 0 Å². The lowest BCUT2D eigenvalue weighted by atomic mass is 10.2. The van der Waals surface area contributed by atoms with Crippen LogP contribution in [0.1, 0.15) is 12.5 Å². The third-order valence-electron chi connectivity index (χ3n) is 3.41. The van der Waals surface area contributed by atoms with Crippen LogP contribution < -0.4 is 11.1 Å². The standard InChI is InChI=1S/C17H17F3N6O2/c1-3-23-15(28-16(21)27)10(2)7-25-13-4-5-24-14(26-13)11-6-12(9-22-8-11)17(18,19)20/h3-6,8-10H,1,7H2,2H3,(H2,21,27)(H,24,25,26). The van der Waals surface area contributed by atoms with Gasteiger partial charge in [-0.3, -0.25) is 4.98 Å². The van der Waals surface area contributed by atoms with Crippen LogP contribution in [0.25, 0.3) is 11.4 Å². The van der Waals surface area contributed by atoms with Crippen molar-refractivity contribution in [1.29, 1.82) is 0 Å². The van der Waals surface area contributed by atoms with Crippen LogP contribution in [0.15, 0.2) is 48.5 Å². The summed E-state index contributed by atoms with van der Waals surface area (Å²) in [4.78, 5) is 26.5. The third kappa shape index (κ3) is 5.76. The van der Waals surface area contributed by atoms with E-state index in [1.54, 1.807) is 6.92 Å². The Morgan fingerprint density at radius 2 is 2.21 bits per heavy atom. The molecule has 148 valence electrons.